The highest BCUT2D eigenvalue weighted by Gasteiger charge is 2.19. The van der Waals surface area contributed by atoms with Crippen LogP contribution in [0.1, 0.15) is 92.4 Å². The Morgan fingerprint density at radius 3 is 1.18 bits per heavy atom. The van der Waals surface area contributed by atoms with E-state index in [1.807, 2.05) is 0 Å². The molecule has 4 aromatic heterocycles. The highest BCUT2D eigenvalue weighted by Crippen LogP contribution is 2.28. The van der Waals surface area contributed by atoms with E-state index in [2.05, 4.69) is 43.6 Å². The van der Waals surface area contributed by atoms with Gasteiger partial charge in [-0.15, -0.1) is 0 Å². The summed E-state index contributed by atoms with van der Waals surface area (Å²) in [6.07, 6.45) is 4.63. The van der Waals surface area contributed by atoms with Gasteiger partial charge in [0.25, 0.3) is 0 Å². The summed E-state index contributed by atoms with van der Waals surface area (Å²) in [6, 6.07) is 11.9. The molecule has 4 aromatic rings. The zero-order valence-electron chi connectivity index (χ0n) is 29.4. The first-order chi connectivity index (χ1) is 26.6. The Balaban J connectivity index is 0.000000203. The van der Waals surface area contributed by atoms with Gasteiger partial charge in [0.15, 0.2) is 0 Å². The van der Waals surface area contributed by atoms with Crippen LogP contribution in [-0.2, 0) is 9.47 Å². The molecule has 2 aliphatic rings. The molecule has 292 valence electrons. The normalized spacial score (nSPS) is 12.1. The zero-order chi connectivity index (χ0) is 41.4. The SMILES string of the molecule is CCOC(=O)c1ccc(C#CC2CC2)nc1Cl.CCOC(=O)c1ccc(Cl)nc1Cl.O=C(O)c1ccc(C#CC2CC2)nc1Cl.O=C(O)c1ccc(Cl)nc1Cl. The number of aromatic nitrogens is 4. The number of nitrogens with zero attached hydrogens (tertiary/aromatic N) is 4. The van der Waals surface area contributed by atoms with Crippen LogP contribution < -0.4 is 0 Å². The molecule has 0 radical (unpaired) electrons. The Kier molecular flexibility index (Phi) is 18.6. The molecule has 12 nitrogen and oxygen atoms in total. The lowest BCUT2D eigenvalue weighted by atomic mass is 10.2. The molecular weight excluding hydrogens is 853 g/mol. The molecule has 4 heterocycles. The number of hydrogen-bond acceptors (Lipinski definition) is 10. The van der Waals surface area contributed by atoms with Crippen molar-refractivity contribution >= 4 is 93.5 Å². The number of carboxylic acid groups (broad SMARTS) is 2. The molecule has 0 aromatic carbocycles. The summed E-state index contributed by atoms with van der Waals surface area (Å²) in [7, 11) is 0. The van der Waals surface area contributed by atoms with Gasteiger partial charge < -0.3 is 19.7 Å². The Labute approximate surface area is 351 Å². The Bertz CT molecular complexity index is 2210. The second-order valence-corrected chi connectivity index (χ2v) is 13.4. The summed E-state index contributed by atoms with van der Waals surface area (Å²) < 4.78 is 9.60. The number of carbonyl (C=O) groups is 4. The lowest BCUT2D eigenvalue weighted by Gasteiger charge is -2.03. The number of halogens is 6. The number of aromatic carboxylic acids is 2. The number of esters is 2. The summed E-state index contributed by atoms with van der Waals surface area (Å²) >= 11 is 33.7. The third kappa shape index (κ3) is 15.8. The van der Waals surface area contributed by atoms with Crippen molar-refractivity contribution in [1.82, 2.24) is 19.9 Å². The molecule has 2 aliphatic carbocycles. The average molecular weight is 883 g/mol. The monoisotopic (exact) mass is 880 g/mol. The number of carboxylic acids is 2. The molecule has 0 amide bonds. The van der Waals surface area contributed by atoms with E-state index in [1.54, 1.807) is 32.0 Å². The Morgan fingerprint density at radius 1 is 0.554 bits per heavy atom. The highest BCUT2D eigenvalue weighted by molar-refractivity contribution is 6.35. The molecule has 0 bridgehead atoms. The van der Waals surface area contributed by atoms with Gasteiger partial charge in [-0.05, 0) is 99.9 Å². The van der Waals surface area contributed by atoms with Gasteiger partial charge in [-0.25, -0.2) is 39.1 Å². The third-order valence-corrected chi connectivity index (χ3v) is 8.32. The summed E-state index contributed by atoms with van der Waals surface area (Å²) in [5.41, 5.74) is 1.59. The molecule has 56 heavy (non-hydrogen) atoms. The van der Waals surface area contributed by atoms with Crippen molar-refractivity contribution in [1.29, 1.82) is 0 Å². The lowest BCUT2D eigenvalue weighted by Crippen LogP contribution is -2.06. The molecule has 6 rings (SSSR count). The van der Waals surface area contributed by atoms with Crippen molar-refractivity contribution in [2.24, 2.45) is 11.8 Å². The average Bonchev–Trinajstić information content (AvgIpc) is 4.07. The predicted octanol–water partition coefficient (Wildman–Crippen LogP) is 9.52. The molecule has 0 saturated heterocycles. The first-order valence-corrected chi connectivity index (χ1v) is 18.7. The van der Waals surface area contributed by atoms with E-state index in [4.69, 9.17) is 89.3 Å². The topological polar surface area (TPSA) is 179 Å². The third-order valence-electron chi connectivity index (χ3n) is 6.74. The molecule has 2 N–H and O–H groups in total. The fourth-order valence-electron chi connectivity index (χ4n) is 3.68. The molecule has 0 spiro atoms. The summed E-state index contributed by atoms with van der Waals surface area (Å²) in [6.45, 7) is 4.08. The van der Waals surface area contributed by atoms with Crippen LogP contribution in [0.2, 0.25) is 30.9 Å². The van der Waals surface area contributed by atoms with Gasteiger partial charge in [0.05, 0.1) is 35.5 Å². The highest BCUT2D eigenvalue weighted by atomic mass is 35.5. The maximum absolute atomic E-state index is 11.5. The standard InChI is InChI=1S/C13H12ClNO2.C11H8ClNO2.C8H7Cl2NO2.C6H3Cl2NO2/c1-2-17-13(16)11-8-7-10(15-12(11)14)6-5-9-3-4-9;12-10-9(11(14)15)6-5-8(13-10)4-3-7-1-2-7;1-2-13-8(12)5-3-4-6(9)11-7(5)10;7-4-2-1-3(6(10)11)5(8)9-4/h7-9H,2-4H2,1H3;5-7H,1-2H2,(H,14,15);3-4H,2H2,1H3;1-2H,(H,10,11). The predicted molar refractivity (Wildman–Crippen MR) is 212 cm³/mol. The van der Waals surface area contributed by atoms with Gasteiger partial charge in [-0.3, -0.25) is 0 Å². The van der Waals surface area contributed by atoms with Crippen LogP contribution in [0.5, 0.6) is 0 Å². The number of ether oxygens (including phenoxy) is 2. The maximum Gasteiger partial charge on any atom is 0.341 e. The minimum Gasteiger partial charge on any atom is -0.478 e. The van der Waals surface area contributed by atoms with Gasteiger partial charge in [0, 0.05) is 11.8 Å². The number of hydrogen-bond donors (Lipinski definition) is 2. The van der Waals surface area contributed by atoms with Crippen molar-refractivity contribution in [3.8, 4) is 23.7 Å². The zero-order valence-corrected chi connectivity index (χ0v) is 34.0. The lowest BCUT2D eigenvalue weighted by molar-refractivity contribution is 0.0516. The molecule has 2 fully saturated rings. The number of pyridine rings is 4. The number of carbonyl (C=O) groups excluding carboxylic acids is 2. The van der Waals surface area contributed by atoms with Crippen molar-refractivity contribution in [3.63, 3.8) is 0 Å². The molecular formula is C38H30Cl6N4O8. The van der Waals surface area contributed by atoms with E-state index in [0.717, 1.165) is 12.8 Å². The van der Waals surface area contributed by atoms with Crippen molar-refractivity contribution in [2.75, 3.05) is 13.2 Å². The fraction of sp³-hybridized carbons (Fsp3) is 0.263. The van der Waals surface area contributed by atoms with E-state index in [-0.39, 0.29) is 53.2 Å². The van der Waals surface area contributed by atoms with E-state index in [1.165, 1.54) is 43.2 Å². The Hall–Kier alpha value is -4.66. The van der Waals surface area contributed by atoms with Crippen LogP contribution in [0.4, 0.5) is 0 Å². The van der Waals surface area contributed by atoms with E-state index < -0.39 is 23.9 Å². The summed E-state index contributed by atoms with van der Waals surface area (Å²) in [5.74, 6) is 9.82. The van der Waals surface area contributed by atoms with Gasteiger partial charge in [0.1, 0.15) is 42.3 Å². The Morgan fingerprint density at radius 2 is 0.875 bits per heavy atom. The second kappa shape index (κ2) is 22.8. The molecule has 0 aliphatic heterocycles. The number of rotatable bonds is 6. The van der Waals surface area contributed by atoms with E-state index in [9.17, 15) is 19.2 Å². The van der Waals surface area contributed by atoms with Crippen LogP contribution in [0.25, 0.3) is 0 Å². The molecule has 2 saturated carbocycles. The van der Waals surface area contributed by atoms with Crippen LogP contribution >= 0.6 is 69.6 Å². The van der Waals surface area contributed by atoms with Crippen LogP contribution in [0, 0.1) is 35.5 Å². The second-order valence-electron chi connectivity index (χ2n) is 11.2. The van der Waals surface area contributed by atoms with Gasteiger partial charge >= 0.3 is 23.9 Å². The summed E-state index contributed by atoms with van der Waals surface area (Å²) in [4.78, 5) is 58.9. The fourth-order valence-corrected chi connectivity index (χ4v) is 4.99. The first kappa shape index (κ1) is 45.7. The van der Waals surface area contributed by atoms with Crippen molar-refractivity contribution in [2.45, 2.75) is 39.5 Å². The van der Waals surface area contributed by atoms with Crippen LogP contribution in [-0.4, -0.2) is 67.2 Å². The van der Waals surface area contributed by atoms with E-state index >= 15 is 0 Å². The van der Waals surface area contributed by atoms with Crippen molar-refractivity contribution in [3.05, 3.63) is 113 Å². The van der Waals surface area contributed by atoms with Crippen molar-refractivity contribution < 1.29 is 38.9 Å². The first-order valence-electron chi connectivity index (χ1n) is 16.4. The molecule has 18 heteroatoms. The minimum absolute atomic E-state index is 0.00800. The molecule has 0 atom stereocenters. The largest absolute Gasteiger partial charge is 0.478 e. The summed E-state index contributed by atoms with van der Waals surface area (Å²) in [5, 5.41) is 17.7. The maximum atomic E-state index is 11.5. The van der Waals surface area contributed by atoms with Gasteiger partial charge in [-0.1, -0.05) is 81.4 Å². The van der Waals surface area contributed by atoms with Crippen LogP contribution in [0.3, 0.4) is 0 Å². The smallest absolute Gasteiger partial charge is 0.341 e. The minimum atomic E-state index is -1.11. The molecule has 0 unspecified atom stereocenters. The van der Waals surface area contributed by atoms with Crippen LogP contribution in [0.15, 0.2) is 48.5 Å². The van der Waals surface area contributed by atoms with Gasteiger partial charge in [-0.2, -0.15) is 0 Å². The quantitative estimate of drug-likeness (QED) is 0.107. The van der Waals surface area contributed by atoms with Gasteiger partial charge in [0.2, 0.25) is 0 Å². The van der Waals surface area contributed by atoms with E-state index in [0.29, 0.717) is 36.4 Å².